The molecule has 3 aromatic carbocycles. The summed E-state index contributed by atoms with van der Waals surface area (Å²) in [5, 5.41) is 0. The molecule has 6 nitrogen and oxygen atoms in total. The van der Waals surface area contributed by atoms with Gasteiger partial charge in [0.05, 0.1) is 19.1 Å². The van der Waals surface area contributed by atoms with Gasteiger partial charge in [-0.25, -0.2) is 0 Å². The van der Waals surface area contributed by atoms with Gasteiger partial charge in [0, 0.05) is 44.3 Å². The van der Waals surface area contributed by atoms with Gasteiger partial charge in [-0.1, -0.05) is 60.2 Å². The van der Waals surface area contributed by atoms with Crippen LogP contribution in [0.15, 0.2) is 72.8 Å². The van der Waals surface area contributed by atoms with Crippen molar-refractivity contribution >= 4 is 11.8 Å². The number of amides is 2. The number of hydrogen-bond acceptors (Lipinski definition) is 4. The Morgan fingerprint density at radius 2 is 1.66 bits per heavy atom. The fourth-order valence-corrected chi connectivity index (χ4v) is 6.03. The molecule has 196 valence electrons. The van der Waals surface area contributed by atoms with Crippen LogP contribution in [0.3, 0.4) is 0 Å². The van der Waals surface area contributed by atoms with Crippen LogP contribution in [0.2, 0.25) is 0 Å². The molecule has 0 spiro atoms. The Bertz CT molecular complexity index is 1330. The van der Waals surface area contributed by atoms with Crippen molar-refractivity contribution in [2.24, 2.45) is 0 Å². The molecule has 1 saturated carbocycles. The predicted octanol–water partition coefficient (Wildman–Crippen LogP) is 4.79. The van der Waals surface area contributed by atoms with E-state index in [1.54, 1.807) is 7.11 Å². The summed E-state index contributed by atoms with van der Waals surface area (Å²) in [7, 11) is 1.65. The maximum atomic E-state index is 14.4. The third-order valence-corrected chi connectivity index (χ3v) is 8.23. The molecule has 2 aliphatic heterocycles. The summed E-state index contributed by atoms with van der Waals surface area (Å²) in [5.74, 6) is 0.432. The largest absolute Gasteiger partial charge is 0.497 e. The number of methoxy groups -OCH3 is 1. The van der Waals surface area contributed by atoms with E-state index in [1.165, 1.54) is 11.1 Å². The van der Waals surface area contributed by atoms with E-state index in [2.05, 4.69) is 36.1 Å². The van der Waals surface area contributed by atoms with E-state index < -0.39 is 5.92 Å². The van der Waals surface area contributed by atoms with Gasteiger partial charge in [-0.05, 0) is 54.7 Å². The van der Waals surface area contributed by atoms with E-state index in [0.717, 1.165) is 49.4 Å². The van der Waals surface area contributed by atoms with Crippen molar-refractivity contribution in [3.8, 4) is 5.75 Å². The molecule has 3 aliphatic rings. The minimum Gasteiger partial charge on any atom is -0.497 e. The van der Waals surface area contributed by atoms with Gasteiger partial charge in [0.15, 0.2) is 0 Å². The van der Waals surface area contributed by atoms with Crippen molar-refractivity contribution in [1.82, 2.24) is 14.7 Å². The molecule has 38 heavy (non-hydrogen) atoms. The molecule has 0 bridgehead atoms. The van der Waals surface area contributed by atoms with Gasteiger partial charge in [0.2, 0.25) is 5.91 Å². The Labute approximate surface area is 224 Å². The molecular weight excluding hydrogens is 474 g/mol. The summed E-state index contributed by atoms with van der Waals surface area (Å²) in [6, 6.07) is 24.1. The third-order valence-electron chi connectivity index (χ3n) is 8.23. The van der Waals surface area contributed by atoms with E-state index in [1.807, 2.05) is 58.3 Å². The second-order valence-electron chi connectivity index (χ2n) is 10.8. The summed E-state index contributed by atoms with van der Waals surface area (Å²) in [6.07, 6.45) is 1.96. The number of benzene rings is 3. The third kappa shape index (κ3) is 4.69. The summed E-state index contributed by atoms with van der Waals surface area (Å²) in [4.78, 5) is 34.6. The molecule has 6 rings (SSSR count). The molecule has 1 saturated heterocycles. The number of piperazine rings is 1. The molecular formula is C32H35N3O3. The first-order chi connectivity index (χ1) is 18.5. The van der Waals surface area contributed by atoms with E-state index in [4.69, 9.17) is 4.74 Å². The first kappa shape index (κ1) is 24.7. The Kier molecular flexibility index (Phi) is 6.66. The minimum absolute atomic E-state index is 0.0305. The van der Waals surface area contributed by atoms with E-state index in [-0.39, 0.29) is 23.9 Å². The van der Waals surface area contributed by atoms with E-state index in [9.17, 15) is 9.59 Å². The van der Waals surface area contributed by atoms with Gasteiger partial charge < -0.3 is 14.5 Å². The average molecular weight is 510 g/mol. The van der Waals surface area contributed by atoms with Gasteiger partial charge in [-0.2, -0.15) is 0 Å². The highest BCUT2D eigenvalue weighted by atomic mass is 16.5. The van der Waals surface area contributed by atoms with Crippen molar-refractivity contribution in [3.63, 3.8) is 0 Å². The fraction of sp³-hybridized carbons (Fsp3) is 0.375. The number of fused-ring (bicyclic) bond motifs is 1. The van der Waals surface area contributed by atoms with Gasteiger partial charge in [0.1, 0.15) is 5.75 Å². The van der Waals surface area contributed by atoms with Crippen LogP contribution in [-0.4, -0.2) is 65.8 Å². The maximum absolute atomic E-state index is 14.4. The summed E-state index contributed by atoms with van der Waals surface area (Å²) >= 11 is 0. The lowest BCUT2D eigenvalue weighted by atomic mass is 9.78. The van der Waals surface area contributed by atoms with Crippen LogP contribution in [0, 0.1) is 6.92 Å². The maximum Gasteiger partial charge on any atom is 0.254 e. The van der Waals surface area contributed by atoms with E-state index in [0.29, 0.717) is 18.7 Å². The first-order valence-corrected chi connectivity index (χ1v) is 13.7. The lowest BCUT2D eigenvalue weighted by molar-refractivity contribution is -0.136. The molecule has 2 fully saturated rings. The van der Waals surface area contributed by atoms with Crippen LogP contribution >= 0.6 is 0 Å². The normalized spacial score (nSPS) is 21.8. The molecule has 0 radical (unpaired) electrons. The zero-order valence-electron chi connectivity index (χ0n) is 22.2. The molecule has 0 N–H and O–H groups in total. The second-order valence-corrected chi connectivity index (χ2v) is 10.8. The number of nitrogens with zero attached hydrogens (tertiary/aromatic N) is 3. The number of aryl methyl sites for hydroxylation is 1. The van der Waals surface area contributed by atoms with Gasteiger partial charge in [-0.15, -0.1) is 0 Å². The molecule has 0 unspecified atom stereocenters. The molecule has 3 aromatic rings. The van der Waals surface area contributed by atoms with Gasteiger partial charge in [0.25, 0.3) is 5.91 Å². The number of ether oxygens (including phenoxy) is 1. The quantitative estimate of drug-likeness (QED) is 0.480. The number of rotatable bonds is 6. The molecule has 2 amide bonds. The lowest BCUT2D eigenvalue weighted by Crippen LogP contribution is -2.53. The van der Waals surface area contributed by atoms with E-state index >= 15 is 0 Å². The highest BCUT2D eigenvalue weighted by Crippen LogP contribution is 2.48. The van der Waals surface area contributed by atoms with Crippen LogP contribution in [0.4, 0.5) is 0 Å². The van der Waals surface area contributed by atoms with Gasteiger partial charge in [-0.3, -0.25) is 14.5 Å². The number of carbonyl (C=O) groups is 2. The SMILES string of the molecule is COc1cccc([C@@H]2[C@@H](C(=O)N3CCN(Cc4ccc(C)cc4)CC3)c3ccccc3C(=O)N2C2CC2)c1. The Morgan fingerprint density at radius 1 is 0.921 bits per heavy atom. The van der Waals surface area contributed by atoms with Crippen molar-refractivity contribution in [1.29, 1.82) is 0 Å². The lowest BCUT2D eigenvalue weighted by Gasteiger charge is -2.45. The smallest absolute Gasteiger partial charge is 0.254 e. The van der Waals surface area contributed by atoms with Crippen molar-refractivity contribution in [2.45, 2.75) is 44.3 Å². The monoisotopic (exact) mass is 509 g/mol. The molecule has 2 heterocycles. The Morgan fingerprint density at radius 3 is 2.37 bits per heavy atom. The molecule has 6 heteroatoms. The fourth-order valence-electron chi connectivity index (χ4n) is 6.03. The molecule has 0 aromatic heterocycles. The predicted molar refractivity (Wildman–Crippen MR) is 147 cm³/mol. The highest BCUT2D eigenvalue weighted by molar-refractivity contribution is 6.01. The minimum atomic E-state index is -0.444. The summed E-state index contributed by atoms with van der Waals surface area (Å²) < 4.78 is 5.53. The topological polar surface area (TPSA) is 53.1 Å². The van der Waals surface area contributed by atoms with Crippen LogP contribution in [-0.2, 0) is 11.3 Å². The van der Waals surface area contributed by atoms with Crippen LogP contribution in [0.1, 0.15) is 57.4 Å². The van der Waals surface area contributed by atoms with Crippen LogP contribution in [0.5, 0.6) is 5.75 Å². The highest BCUT2D eigenvalue weighted by Gasteiger charge is 2.50. The Hall–Kier alpha value is -3.64. The second kappa shape index (κ2) is 10.3. The molecule has 1 aliphatic carbocycles. The number of carbonyl (C=O) groups excluding carboxylic acids is 2. The zero-order chi connectivity index (χ0) is 26.2. The first-order valence-electron chi connectivity index (χ1n) is 13.7. The summed E-state index contributed by atoms with van der Waals surface area (Å²) in [6.45, 7) is 6.04. The van der Waals surface area contributed by atoms with Crippen molar-refractivity contribution in [3.05, 3.63) is 101 Å². The van der Waals surface area contributed by atoms with Crippen LogP contribution in [0.25, 0.3) is 0 Å². The average Bonchev–Trinajstić information content (AvgIpc) is 3.80. The van der Waals surface area contributed by atoms with Crippen molar-refractivity contribution < 1.29 is 14.3 Å². The zero-order valence-corrected chi connectivity index (χ0v) is 22.2. The summed E-state index contributed by atoms with van der Waals surface area (Å²) in [5.41, 5.74) is 5.02. The Balaban J connectivity index is 1.30. The van der Waals surface area contributed by atoms with Crippen LogP contribution < -0.4 is 4.74 Å². The standard InChI is InChI=1S/C32H35N3O3/c1-22-10-12-23(13-11-22)21-33-16-18-34(19-17-33)32(37)29-27-8-3-4-9-28(27)31(36)35(25-14-15-25)30(29)24-6-5-7-26(20-24)38-2/h3-13,20,25,29-30H,14-19,21H2,1-2H3/t29-,30+/m0/s1. The van der Waals surface area contributed by atoms with Gasteiger partial charge >= 0.3 is 0 Å². The molecule has 2 atom stereocenters. The number of hydrogen-bond donors (Lipinski definition) is 0. The van der Waals surface area contributed by atoms with Crippen molar-refractivity contribution in [2.75, 3.05) is 33.3 Å².